The van der Waals surface area contributed by atoms with Gasteiger partial charge in [-0.25, -0.2) is 0 Å². The van der Waals surface area contributed by atoms with Gasteiger partial charge < -0.3 is 10.1 Å². The van der Waals surface area contributed by atoms with Gasteiger partial charge in [-0.2, -0.15) is 0 Å². The van der Waals surface area contributed by atoms with E-state index in [1.165, 1.54) is 70.6 Å². The molecule has 2 aliphatic carbocycles. The van der Waals surface area contributed by atoms with Crippen LogP contribution in [0.5, 0.6) is 0 Å². The molecular weight excluding hydrogens is 222 g/mol. The standard InChI is InChI=1S/C16H31NO/c1-2-5-9-15(8-4-1)14-18-13-12-17-16-10-6-3-7-11-16/h15-17H,1-14H2. The largest absolute Gasteiger partial charge is 0.380 e. The lowest BCUT2D eigenvalue weighted by Crippen LogP contribution is -2.33. The van der Waals surface area contributed by atoms with Crippen LogP contribution in [0.15, 0.2) is 0 Å². The maximum absolute atomic E-state index is 5.86. The molecule has 2 aliphatic rings. The second-order valence-corrected chi connectivity index (χ2v) is 6.22. The van der Waals surface area contributed by atoms with Crippen LogP contribution in [0.3, 0.4) is 0 Å². The van der Waals surface area contributed by atoms with Gasteiger partial charge in [0.05, 0.1) is 6.61 Å². The Kier molecular flexibility index (Phi) is 7.11. The summed E-state index contributed by atoms with van der Waals surface area (Å²) in [4.78, 5) is 0. The van der Waals surface area contributed by atoms with E-state index in [0.717, 1.165) is 31.7 Å². The number of hydrogen-bond donors (Lipinski definition) is 1. The average Bonchev–Trinajstić information content (AvgIpc) is 2.68. The molecule has 0 spiro atoms. The molecule has 106 valence electrons. The number of rotatable bonds is 6. The van der Waals surface area contributed by atoms with Crippen molar-refractivity contribution in [3.63, 3.8) is 0 Å². The minimum absolute atomic E-state index is 0.778. The molecule has 0 aromatic rings. The smallest absolute Gasteiger partial charge is 0.0591 e. The normalized spacial score (nSPS) is 24.0. The minimum Gasteiger partial charge on any atom is -0.380 e. The van der Waals surface area contributed by atoms with Gasteiger partial charge in [0.25, 0.3) is 0 Å². The van der Waals surface area contributed by atoms with E-state index in [0.29, 0.717) is 0 Å². The third-order valence-corrected chi connectivity index (χ3v) is 4.61. The lowest BCUT2D eigenvalue weighted by Gasteiger charge is -2.23. The van der Waals surface area contributed by atoms with Crippen molar-refractivity contribution in [3.8, 4) is 0 Å². The Balaban J connectivity index is 1.45. The van der Waals surface area contributed by atoms with Crippen molar-refractivity contribution >= 4 is 0 Å². The maximum atomic E-state index is 5.86. The first-order valence-corrected chi connectivity index (χ1v) is 8.26. The topological polar surface area (TPSA) is 21.3 Å². The molecule has 2 nitrogen and oxygen atoms in total. The van der Waals surface area contributed by atoms with E-state index in [9.17, 15) is 0 Å². The highest BCUT2D eigenvalue weighted by Crippen LogP contribution is 2.22. The molecule has 2 heteroatoms. The van der Waals surface area contributed by atoms with Crippen LogP contribution >= 0.6 is 0 Å². The van der Waals surface area contributed by atoms with E-state index >= 15 is 0 Å². The molecule has 18 heavy (non-hydrogen) atoms. The Morgan fingerprint density at radius 1 is 0.778 bits per heavy atom. The predicted octanol–water partition coefficient (Wildman–Crippen LogP) is 3.90. The molecule has 0 aromatic carbocycles. The Morgan fingerprint density at radius 3 is 2.11 bits per heavy atom. The fourth-order valence-electron chi connectivity index (χ4n) is 3.42. The molecule has 0 aromatic heterocycles. The lowest BCUT2D eigenvalue weighted by molar-refractivity contribution is 0.0932. The van der Waals surface area contributed by atoms with Crippen LogP contribution < -0.4 is 5.32 Å². The average molecular weight is 253 g/mol. The van der Waals surface area contributed by atoms with Crippen LogP contribution in [-0.4, -0.2) is 25.8 Å². The molecule has 0 saturated heterocycles. The lowest BCUT2D eigenvalue weighted by atomic mass is 9.96. The molecular formula is C16H31NO. The van der Waals surface area contributed by atoms with Gasteiger partial charge in [0.2, 0.25) is 0 Å². The molecule has 1 N–H and O–H groups in total. The summed E-state index contributed by atoms with van der Waals surface area (Å²) in [5.41, 5.74) is 0. The second kappa shape index (κ2) is 8.92. The molecule has 0 bridgehead atoms. The SMILES string of the molecule is C1CCCC(COCCNC2CCCCC2)CC1. The van der Waals surface area contributed by atoms with Gasteiger partial charge in [-0.05, 0) is 31.6 Å². The number of hydrogen-bond acceptors (Lipinski definition) is 2. The third-order valence-electron chi connectivity index (χ3n) is 4.61. The monoisotopic (exact) mass is 253 g/mol. The molecule has 0 heterocycles. The summed E-state index contributed by atoms with van der Waals surface area (Å²) in [5.74, 6) is 0.849. The van der Waals surface area contributed by atoms with Gasteiger partial charge in [0.15, 0.2) is 0 Å². The molecule has 0 radical (unpaired) electrons. The van der Waals surface area contributed by atoms with Crippen molar-refractivity contribution in [3.05, 3.63) is 0 Å². The summed E-state index contributed by atoms with van der Waals surface area (Å²) < 4.78 is 5.86. The van der Waals surface area contributed by atoms with Crippen molar-refractivity contribution < 1.29 is 4.74 Å². The predicted molar refractivity (Wildman–Crippen MR) is 76.9 cm³/mol. The summed E-state index contributed by atoms with van der Waals surface area (Å²) in [6, 6.07) is 0.778. The van der Waals surface area contributed by atoms with Crippen LogP contribution in [0.4, 0.5) is 0 Å². The summed E-state index contributed by atoms with van der Waals surface area (Å²) in [6.07, 6.45) is 15.6. The van der Waals surface area contributed by atoms with Gasteiger partial charge >= 0.3 is 0 Å². The molecule has 2 saturated carbocycles. The van der Waals surface area contributed by atoms with Crippen molar-refractivity contribution in [2.24, 2.45) is 5.92 Å². The Labute approximate surface area is 113 Å². The first kappa shape index (κ1) is 14.3. The van der Waals surface area contributed by atoms with E-state index in [-0.39, 0.29) is 0 Å². The van der Waals surface area contributed by atoms with E-state index in [2.05, 4.69) is 5.32 Å². The quantitative estimate of drug-likeness (QED) is 0.572. The van der Waals surface area contributed by atoms with Crippen LogP contribution in [0.1, 0.15) is 70.6 Å². The molecule has 0 aliphatic heterocycles. The van der Waals surface area contributed by atoms with E-state index in [1.54, 1.807) is 0 Å². The zero-order valence-corrected chi connectivity index (χ0v) is 12.0. The van der Waals surface area contributed by atoms with Crippen LogP contribution in [0.25, 0.3) is 0 Å². The zero-order valence-electron chi connectivity index (χ0n) is 12.0. The van der Waals surface area contributed by atoms with Gasteiger partial charge in [-0.3, -0.25) is 0 Å². The molecule has 0 amide bonds. The first-order chi connectivity index (χ1) is 8.95. The molecule has 0 atom stereocenters. The van der Waals surface area contributed by atoms with Crippen molar-refractivity contribution in [2.75, 3.05) is 19.8 Å². The van der Waals surface area contributed by atoms with E-state index in [4.69, 9.17) is 4.74 Å². The van der Waals surface area contributed by atoms with Gasteiger partial charge in [-0.15, -0.1) is 0 Å². The zero-order chi connectivity index (χ0) is 12.5. The number of nitrogens with one attached hydrogen (secondary N) is 1. The van der Waals surface area contributed by atoms with Gasteiger partial charge in [0, 0.05) is 19.2 Å². The number of ether oxygens (including phenoxy) is 1. The highest BCUT2D eigenvalue weighted by Gasteiger charge is 2.13. The Hall–Kier alpha value is -0.0800. The van der Waals surface area contributed by atoms with Crippen molar-refractivity contribution in [2.45, 2.75) is 76.7 Å². The van der Waals surface area contributed by atoms with E-state index in [1.807, 2.05) is 0 Å². The Bertz CT molecular complexity index is 193. The van der Waals surface area contributed by atoms with Crippen LogP contribution in [-0.2, 0) is 4.74 Å². The summed E-state index contributed by atoms with van der Waals surface area (Å²) >= 11 is 0. The van der Waals surface area contributed by atoms with Crippen LogP contribution in [0, 0.1) is 5.92 Å². The van der Waals surface area contributed by atoms with Gasteiger partial charge in [-0.1, -0.05) is 44.9 Å². The molecule has 0 unspecified atom stereocenters. The van der Waals surface area contributed by atoms with Gasteiger partial charge in [0.1, 0.15) is 0 Å². The Morgan fingerprint density at radius 2 is 1.39 bits per heavy atom. The van der Waals surface area contributed by atoms with E-state index < -0.39 is 0 Å². The van der Waals surface area contributed by atoms with Crippen molar-refractivity contribution in [1.29, 1.82) is 0 Å². The summed E-state index contributed by atoms with van der Waals surface area (Å²) in [5, 5.41) is 3.65. The first-order valence-electron chi connectivity index (χ1n) is 8.26. The minimum atomic E-state index is 0.778. The fourth-order valence-corrected chi connectivity index (χ4v) is 3.42. The van der Waals surface area contributed by atoms with Crippen molar-refractivity contribution in [1.82, 2.24) is 5.32 Å². The third kappa shape index (κ3) is 5.71. The second-order valence-electron chi connectivity index (χ2n) is 6.22. The highest BCUT2D eigenvalue weighted by atomic mass is 16.5. The molecule has 2 fully saturated rings. The maximum Gasteiger partial charge on any atom is 0.0591 e. The molecule has 2 rings (SSSR count). The van der Waals surface area contributed by atoms with Crippen LogP contribution in [0.2, 0.25) is 0 Å². The summed E-state index contributed by atoms with van der Waals surface area (Å²) in [6.45, 7) is 2.97. The highest BCUT2D eigenvalue weighted by molar-refractivity contribution is 4.71. The summed E-state index contributed by atoms with van der Waals surface area (Å²) in [7, 11) is 0. The fraction of sp³-hybridized carbons (Fsp3) is 1.00.